The first-order chi connectivity index (χ1) is 13.6. The van der Waals surface area contributed by atoms with Gasteiger partial charge in [-0.25, -0.2) is 4.98 Å². The molecule has 0 unspecified atom stereocenters. The van der Waals surface area contributed by atoms with E-state index in [4.69, 9.17) is 0 Å². The number of H-pyrrole nitrogens is 1. The molecule has 1 amide bonds. The van der Waals surface area contributed by atoms with Crippen molar-refractivity contribution in [1.82, 2.24) is 19.9 Å². The summed E-state index contributed by atoms with van der Waals surface area (Å²) in [5.41, 5.74) is 4.32. The van der Waals surface area contributed by atoms with E-state index in [1.165, 1.54) is 5.52 Å². The molecular weight excluding hydrogens is 348 g/mol. The van der Waals surface area contributed by atoms with E-state index in [1.807, 2.05) is 36.4 Å². The minimum absolute atomic E-state index is 0.0660. The van der Waals surface area contributed by atoms with Crippen LogP contribution in [0.5, 0.6) is 0 Å². The first kappa shape index (κ1) is 18.3. The van der Waals surface area contributed by atoms with Crippen molar-refractivity contribution in [3.05, 3.63) is 66.1 Å². The number of aryl methyl sites for hydroxylation is 1. The number of fused-ring (bicyclic) bond motifs is 2. The molecule has 0 saturated heterocycles. The van der Waals surface area contributed by atoms with Gasteiger partial charge in [0.25, 0.3) is 0 Å². The maximum absolute atomic E-state index is 12.4. The second-order valence-corrected chi connectivity index (χ2v) is 7.50. The number of hydrogen-bond acceptors (Lipinski definition) is 2. The van der Waals surface area contributed by atoms with Crippen molar-refractivity contribution in [1.29, 1.82) is 0 Å². The molecule has 0 aliphatic rings. The summed E-state index contributed by atoms with van der Waals surface area (Å²) in [4.78, 5) is 20.4. The first-order valence-corrected chi connectivity index (χ1v) is 9.90. The largest absolute Gasteiger partial charge is 0.356 e. The number of amides is 1. The third kappa shape index (κ3) is 3.79. The van der Waals surface area contributed by atoms with Crippen LogP contribution >= 0.6 is 0 Å². The highest BCUT2D eigenvalue weighted by Gasteiger charge is 2.13. The average molecular weight is 374 g/mol. The van der Waals surface area contributed by atoms with Gasteiger partial charge in [-0.15, -0.1) is 0 Å². The number of imidazole rings is 1. The lowest BCUT2D eigenvalue weighted by atomic mass is 10.1. The summed E-state index contributed by atoms with van der Waals surface area (Å²) in [5, 5.41) is 4.21. The summed E-state index contributed by atoms with van der Waals surface area (Å²) in [5.74, 6) is 1.03. The molecule has 28 heavy (non-hydrogen) atoms. The number of benzene rings is 2. The molecule has 0 radical (unpaired) electrons. The van der Waals surface area contributed by atoms with Gasteiger partial charge in [0, 0.05) is 36.1 Å². The zero-order chi connectivity index (χ0) is 19.5. The summed E-state index contributed by atoms with van der Waals surface area (Å²) in [6.45, 7) is 4.97. The van der Waals surface area contributed by atoms with E-state index < -0.39 is 0 Å². The van der Waals surface area contributed by atoms with Crippen molar-refractivity contribution in [2.45, 2.75) is 39.2 Å². The Morgan fingerprint density at radius 1 is 1.14 bits per heavy atom. The van der Waals surface area contributed by atoms with Crippen LogP contribution in [-0.4, -0.2) is 27.0 Å². The Kier molecular flexibility index (Phi) is 5.15. The Labute approximate surface area is 164 Å². The fourth-order valence-electron chi connectivity index (χ4n) is 3.69. The Morgan fingerprint density at radius 3 is 2.75 bits per heavy atom. The Hall–Kier alpha value is -3.08. The van der Waals surface area contributed by atoms with Crippen LogP contribution in [0.4, 0.5) is 0 Å². The van der Waals surface area contributed by atoms with Crippen LogP contribution in [-0.2, 0) is 17.6 Å². The number of para-hydroxylation sites is 3. The van der Waals surface area contributed by atoms with Gasteiger partial charge in [-0.1, -0.05) is 30.3 Å². The zero-order valence-corrected chi connectivity index (χ0v) is 16.4. The molecule has 2 heterocycles. The minimum Gasteiger partial charge on any atom is -0.356 e. The molecule has 0 aliphatic heterocycles. The van der Waals surface area contributed by atoms with Crippen molar-refractivity contribution in [2.24, 2.45) is 0 Å². The normalized spacial score (nSPS) is 11.5. The maximum atomic E-state index is 12.4. The maximum Gasteiger partial charge on any atom is 0.224 e. The van der Waals surface area contributed by atoms with Gasteiger partial charge in [0.1, 0.15) is 5.82 Å². The predicted octanol–water partition coefficient (Wildman–Crippen LogP) is 4.39. The van der Waals surface area contributed by atoms with E-state index in [9.17, 15) is 4.79 Å². The van der Waals surface area contributed by atoms with Crippen molar-refractivity contribution >= 4 is 27.8 Å². The molecule has 0 bridgehead atoms. The summed E-state index contributed by atoms with van der Waals surface area (Å²) in [6, 6.07) is 16.7. The van der Waals surface area contributed by atoms with Gasteiger partial charge in [0.2, 0.25) is 5.91 Å². The smallest absolute Gasteiger partial charge is 0.224 e. The van der Waals surface area contributed by atoms with Crippen LogP contribution in [0.25, 0.3) is 21.9 Å². The van der Waals surface area contributed by atoms with E-state index in [0.29, 0.717) is 19.0 Å². The molecule has 0 aliphatic carbocycles. The van der Waals surface area contributed by atoms with Gasteiger partial charge in [-0.3, -0.25) is 4.79 Å². The monoisotopic (exact) mass is 374 g/mol. The molecule has 0 atom stereocenters. The molecule has 2 aromatic heterocycles. The highest BCUT2D eigenvalue weighted by atomic mass is 16.1. The van der Waals surface area contributed by atoms with E-state index in [1.54, 1.807) is 0 Å². The number of rotatable bonds is 7. The lowest BCUT2D eigenvalue weighted by molar-refractivity contribution is -0.120. The topological polar surface area (TPSA) is 62.7 Å². The molecule has 5 nitrogen and oxygen atoms in total. The highest BCUT2D eigenvalue weighted by Crippen LogP contribution is 2.25. The number of carbonyl (C=O) groups is 1. The number of hydrogen-bond donors (Lipinski definition) is 2. The van der Waals surface area contributed by atoms with Crippen LogP contribution in [0.1, 0.15) is 37.7 Å². The van der Waals surface area contributed by atoms with Crippen LogP contribution in [0.2, 0.25) is 0 Å². The second kappa shape index (κ2) is 7.89. The molecule has 0 fully saturated rings. The Bertz CT molecular complexity index is 1070. The number of nitrogens with zero attached hydrogens (tertiary/aromatic N) is 2. The van der Waals surface area contributed by atoms with Crippen molar-refractivity contribution in [3.8, 4) is 0 Å². The fraction of sp³-hybridized carbons (Fsp3) is 0.304. The van der Waals surface area contributed by atoms with Gasteiger partial charge in [0.05, 0.1) is 17.5 Å². The average Bonchev–Trinajstić information content (AvgIpc) is 3.27. The number of aromatic nitrogens is 3. The van der Waals surface area contributed by atoms with Crippen LogP contribution in [0, 0.1) is 0 Å². The van der Waals surface area contributed by atoms with Gasteiger partial charge in [0.15, 0.2) is 0 Å². The molecule has 4 rings (SSSR count). The van der Waals surface area contributed by atoms with E-state index in [-0.39, 0.29) is 5.91 Å². The van der Waals surface area contributed by atoms with Crippen LogP contribution in [0.15, 0.2) is 54.7 Å². The minimum atomic E-state index is 0.0660. The summed E-state index contributed by atoms with van der Waals surface area (Å²) in [6.07, 6.45) is 4.20. The van der Waals surface area contributed by atoms with E-state index >= 15 is 0 Å². The quantitative estimate of drug-likeness (QED) is 0.471. The molecule has 0 saturated carbocycles. The predicted molar refractivity (Wildman–Crippen MR) is 113 cm³/mol. The van der Waals surface area contributed by atoms with Gasteiger partial charge in [-0.2, -0.15) is 0 Å². The molecular formula is C23H26N4O. The molecule has 144 valence electrons. The summed E-state index contributed by atoms with van der Waals surface area (Å²) >= 11 is 0. The zero-order valence-electron chi connectivity index (χ0n) is 16.4. The molecule has 0 spiro atoms. The second-order valence-electron chi connectivity index (χ2n) is 7.50. The standard InChI is InChI=1S/C23H26N4O/c1-16(2)27-15-17(18-8-3-6-11-21(18)27)14-23(28)24-13-7-12-22-25-19-9-4-5-10-20(19)26-22/h3-6,8-11,15-16H,7,12-14H2,1-2H3,(H,24,28)(H,25,26). The van der Waals surface area contributed by atoms with Gasteiger partial charge < -0.3 is 14.9 Å². The number of aromatic amines is 1. The Morgan fingerprint density at radius 2 is 1.93 bits per heavy atom. The third-order valence-corrected chi connectivity index (χ3v) is 5.08. The van der Waals surface area contributed by atoms with Crippen molar-refractivity contribution < 1.29 is 4.79 Å². The lowest BCUT2D eigenvalue weighted by Crippen LogP contribution is -2.26. The highest BCUT2D eigenvalue weighted by molar-refractivity contribution is 5.89. The van der Waals surface area contributed by atoms with Crippen LogP contribution in [0.3, 0.4) is 0 Å². The molecule has 4 aromatic rings. The van der Waals surface area contributed by atoms with Crippen molar-refractivity contribution in [2.75, 3.05) is 6.54 Å². The van der Waals surface area contributed by atoms with Gasteiger partial charge in [-0.05, 0) is 44.0 Å². The lowest BCUT2D eigenvalue weighted by Gasteiger charge is -2.08. The third-order valence-electron chi connectivity index (χ3n) is 5.08. The molecule has 2 N–H and O–H groups in total. The van der Waals surface area contributed by atoms with Gasteiger partial charge >= 0.3 is 0 Å². The van der Waals surface area contributed by atoms with Crippen molar-refractivity contribution in [3.63, 3.8) is 0 Å². The molecule has 5 heteroatoms. The SMILES string of the molecule is CC(C)n1cc(CC(=O)NCCCc2nc3ccccc3[nH]2)c2ccccc21. The fourth-order valence-corrected chi connectivity index (χ4v) is 3.69. The number of nitrogens with one attached hydrogen (secondary N) is 2. The summed E-state index contributed by atoms with van der Waals surface area (Å²) < 4.78 is 2.24. The first-order valence-electron chi connectivity index (χ1n) is 9.90. The van der Waals surface area contributed by atoms with E-state index in [2.05, 4.69) is 52.0 Å². The Balaban J connectivity index is 1.33. The number of carbonyl (C=O) groups excluding carboxylic acids is 1. The summed E-state index contributed by atoms with van der Waals surface area (Å²) in [7, 11) is 0. The van der Waals surface area contributed by atoms with E-state index in [0.717, 1.165) is 40.6 Å². The molecule has 2 aromatic carbocycles. The van der Waals surface area contributed by atoms with Crippen LogP contribution < -0.4 is 5.32 Å².